The zero-order chi connectivity index (χ0) is 11.1. The molecule has 0 radical (unpaired) electrons. The number of rotatable bonds is 2. The zero-order valence-corrected chi connectivity index (χ0v) is 9.46. The number of methoxy groups -OCH3 is 1. The smallest absolute Gasteiger partial charge is 0.131 e. The van der Waals surface area contributed by atoms with Gasteiger partial charge in [0.05, 0.1) is 7.11 Å². The summed E-state index contributed by atoms with van der Waals surface area (Å²) < 4.78 is 11.2. The van der Waals surface area contributed by atoms with Gasteiger partial charge < -0.3 is 9.47 Å². The number of benzene rings is 1. The second-order valence-electron chi connectivity index (χ2n) is 4.23. The molecule has 1 aromatic rings. The summed E-state index contributed by atoms with van der Waals surface area (Å²) in [5, 5.41) is 0. The van der Waals surface area contributed by atoms with Crippen molar-refractivity contribution >= 4 is 0 Å². The fraction of sp³-hybridized carbons (Fsp3) is 0.385. The van der Waals surface area contributed by atoms with Crippen molar-refractivity contribution in [1.82, 2.24) is 0 Å². The lowest BCUT2D eigenvalue weighted by Crippen LogP contribution is -2.30. The highest BCUT2D eigenvalue weighted by atomic mass is 16.5. The molecule has 0 spiro atoms. The molecule has 80 valence electrons. The van der Waals surface area contributed by atoms with Crippen molar-refractivity contribution in [1.29, 1.82) is 0 Å². The number of hydrogen-bond acceptors (Lipinski definition) is 2. The van der Waals surface area contributed by atoms with Crippen LogP contribution in [-0.2, 0) is 6.42 Å². The van der Waals surface area contributed by atoms with Crippen molar-refractivity contribution in [2.24, 2.45) is 0 Å². The van der Waals surface area contributed by atoms with Crippen LogP contribution >= 0.6 is 0 Å². The summed E-state index contributed by atoms with van der Waals surface area (Å²) in [6, 6.07) is 5.89. The predicted octanol–water partition coefficient (Wildman–Crippen LogP) is 2.96. The van der Waals surface area contributed by atoms with Crippen molar-refractivity contribution in [3.05, 3.63) is 35.9 Å². The molecule has 1 aliphatic rings. The molecular formula is C13H16O2. The lowest BCUT2D eigenvalue weighted by atomic mass is 9.92. The Morgan fingerprint density at radius 3 is 2.87 bits per heavy atom. The van der Waals surface area contributed by atoms with E-state index < -0.39 is 0 Å². The highest BCUT2D eigenvalue weighted by molar-refractivity contribution is 5.50. The molecule has 1 aromatic carbocycles. The molecule has 0 aromatic heterocycles. The van der Waals surface area contributed by atoms with Gasteiger partial charge >= 0.3 is 0 Å². The third kappa shape index (κ3) is 1.50. The Bertz CT molecular complexity index is 409. The minimum atomic E-state index is -0.281. The van der Waals surface area contributed by atoms with Gasteiger partial charge in [-0.2, -0.15) is 0 Å². The summed E-state index contributed by atoms with van der Waals surface area (Å²) in [6.07, 6.45) is 0.835. The fourth-order valence-corrected chi connectivity index (χ4v) is 1.86. The van der Waals surface area contributed by atoms with Crippen molar-refractivity contribution in [2.45, 2.75) is 25.9 Å². The lowest BCUT2D eigenvalue weighted by Gasteiger charge is -2.23. The lowest BCUT2D eigenvalue weighted by molar-refractivity contribution is 0.157. The molecular weight excluding hydrogens is 188 g/mol. The van der Waals surface area contributed by atoms with Gasteiger partial charge in [0.25, 0.3) is 0 Å². The van der Waals surface area contributed by atoms with Gasteiger partial charge in [-0.3, -0.25) is 0 Å². The van der Waals surface area contributed by atoms with Crippen molar-refractivity contribution in [3.63, 3.8) is 0 Å². The minimum Gasteiger partial charge on any atom is -0.496 e. The number of ether oxygens (including phenoxy) is 2. The molecule has 1 heterocycles. The SMILES string of the molecule is C=C(C)C1(C)Cc2c(OC)cccc2O1. The monoisotopic (exact) mass is 204 g/mol. The second-order valence-corrected chi connectivity index (χ2v) is 4.23. The summed E-state index contributed by atoms with van der Waals surface area (Å²) in [5.41, 5.74) is 1.91. The molecule has 0 N–H and O–H groups in total. The van der Waals surface area contributed by atoms with Gasteiger partial charge in [-0.25, -0.2) is 0 Å². The van der Waals surface area contributed by atoms with Crippen molar-refractivity contribution < 1.29 is 9.47 Å². The molecule has 0 bridgehead atoms. The molecule has 0 amide bonds. The van der Waals surface area contributed by atoms with Gasteiger partial charge in [-0.15, -0.1) is 0 Å². The highest BCUT2D eigenvalue weighted by Crippen LogP contribution is 2.42. The summed E-state index contributed by atoms with van der Waals surface area (Å²) >= 11 is 0. The first-order valence-corrected chi connectivity index (χ1v) is 5.08. The largest absolute Gasteiger partial charge is 0.496 e. The fourth-order valence-electron chi connectivity index (χ4n) is 1.86. The predicted molar refractivity (Wildman–Crippen MR) is 60.5 cm³/mol. The van der Waals surface area contributed by atoms with Crippen LogP contribution in [0.25, 0.3) is 0 Å². The van der Waals surface area contributed by atoms with E-state index in [2.05, 4.69) is 13.5 Å². The van der Waals surface area contributed by atoms with Gasteiger partial charge in [0.2, 0.25) is 0 Å². The Balaban J connectivity index is 2.42. The maximum absolute atomic E-state index is 5.92. The Morgan fingerprint density at radius 1 is 1.53 bits per heavy atom. The van der Waals surface area contributed by atoms with E-state index in [1.807, 2.05) is 25.1 Å². The molecule has 2 nitrogen and oxygen atoms in total. The van der Waals surface area contributed by atoms with Crippen LogP contribution < -0.4 is 9.47 Å². The Kier molecular flexibility index (Phi) is 2.22. The topological polar surface area (TPSA) is 18.5 Å². The molecule has 15 heavy (non-hydrogen) atoms. The van der Waals surface area contributed by atoms with Gasteiger partial charge in [0.1, 0.15) is 17.1 Å². The third-order valence-corrected chi connectivity index (χ3v) is 3.06. The van der Waals surface area contributed by atoms with E-state index in [0.717, 1.165) is 29.1 Å². The van der Waals surface area contributed by atoms with E-state index in [9.17, 15) is 0 Å². The Labute approximate surface area is 90.5 Å². The quantitative estimate of drug-likeness (QED) is 0.689. The molecule has 2 heteroatoms. The molecule has 0 aliphatic carbocycles. The molecule has 0 fully saturated rings. The van der Waals surface area contributed by atoms with Crippen LogP contribution in [0, 0.1) is 0 Å². The third-order valence-electron chi connectivity index (χ3n) is 3.06. The van der Waals surface area contributed by atoms with Crippen LogP contribution in [0.1, 0.15) is 19.4 Å². The maximum Gasteiger partial charge on any atom is 0.131 e. The van der Waals surface area contributed by atoms with E-state index in [0.29, 0.717) is 0 Å². The first-order valence-electron chi connectivity index (χ1n) is 5.08. The van der Waals surface area contributed by atoms with E-state index in [4.69, 9.17) is 9.47 Å². The van der Waals surface area contributed by atoms with E-state index in [1.165, 1.54) is 0 Å². The van der Waals surface area contributed by atoms with E-state index in [1.54, 1.807) is 7.11 Å². The second kappa shape index (κ2) is 3.30. The van der Waals surface area contributed by atoms with Crippen molar-refractivity contribution in [2.75, 3.05) is 7.11 Å². The van der Waals surface area contributed by atoms with Crippen molar-refractivity contribution in [3.8, 4) is 11.5 Å². The standard InChI is InChI=1S/C13H16O2/c1-9(2)13(3)8-10-11(14-4)6-5-7-12(10)15-13/h5-7H,1,8H2,2-4H3. The molecule has 2 rings (SSSR count). The van der Waals surface area contributed by atoms with E-state index in [-0.39, 0.29) is 5.60 Å². The Hall–Kier alpha value is -1.44. The average molecular weight is 204 g/mol. The maximum atomic E-state index is 5.92. The highest BCUT2D eigenvalue weighted by Gasteiger charge is 2.37. The molecule has 0 saturated heterocycles. The van der Waals surface area contributed by atoms with E-state index >= 15 is 0 Å². The zero-order valence-electron chi connectivity index (χ0n) is 9.46. The molecule has 0 saturated carbocycles. The van der Waals surface area contributed by atoms with Gasteiger partial charge in [0.15, 0.2) is 0 Å². The van der Waals surface area contributed by atoms with Gasteiger partial charge in [-0.05, 0) is 31.6 Å². The van der Waals surface area contributed by atoms with Crippen LogP contribution in [0.2, 0.25) is 0 Å². The summed E-state index contributed by atoms with van der Waals surface area (Å²) in [6.45, 7) is 8.04. The first kappa shape index (κ1) is 10.1. The van der Waals surface area contributed by atoms with Gasteiger partial charge in [-0.1, -0.05) is 12.6 Å². The summed E-state index contributed by atoms with van der Waals surface area (Å²) in [4.78, 5) is 0. The van der Waals surface area contributed by atoms with Gasteiger partial charge in [0, 0.05) is 12.0 Å². The van der Waals surface area contributed by atoms with Crippen LogP contribution in [0.3, 0.4) is 0 Å². The Morgan fingerprint density at radius 2 is 2.27 bits per heavy atom. The summed E-state index contributed by atoms with van der Waals surface area (Å²) in [7, 11) is 1.69. The normalized spacial score (nSPS) is 23.1. The van der Waals surface area contributed by atoms with Crippen LogP contribution in [-0.4, -0.2) is 12.7 Å². The molecule has 1 unspecified atom stereocenters. The number of hydrogen-bond donors (Lipinski definition) is 0. The number of fused-ring (bicyclic) bond motifs is 1. The summed E-state index contributed by atoms with van der Waals surface area (Å²) in [5.74, 6) is 1.82. The van der Waals surface area contributed by atoms with Crippen LogP contribution in [0.15, 0.2) is 30.4 Å². The van der Waals surface area contributed by atoms with Crippen LogP contribution in [0.5, 0.6) is 11.5 Å². The average Bonchev–Trinajstić information content (AvgIpc) is 2.55. The molecule has 1 atom stereocenters. The van der Waals surface area contributed by atoms with Crippen LogP contribution in [0.4, 0.5) is 0 Å². The first-order chi connectivity index (χ1) is 7.07. The molecule has 1 aliphatic heterocycles. The minimum absolute atomic E-state index is 0.281.